The fourth-order valence-electron chi connectivity index (χ4n) is 4.34. The summed E-state index contributed by atoms with van der Waals surface area (Å²) in [5.41, 5.74) is 2.49. The number of benzene rings is 3. The molecule has 0 aliphatic heterocycles. The molecule has 0 heterocycles. The molecule has 0 saturated carbocycles. The average molecular weight is 621 g/mol. The highest BCUT2D eigenvalue weighted by Crippen LogP contribution is 2.31. The van der Waals surface area contributed by atoms with Crippen LogP contribution in [-0.2, 0) is 32.6 Å². The monoisotopic (exact) mass is 619 g/mol. The fraction of sp³-hybridized carbons (Fsp3) is 0.333. The Morgan fingerprint density at radius 1 is 0.976 bits per heavy atom. The quantitative estimate of drug-likeness (QED) is 0.282. The molecular formula is C30H35Cl2N3O5S. The SMILES string of the molecule is CCCNC(=O)C(Cc1ccccc1)N(Cc1ccc(Cl)c(Cl)c1)C(=O)CN(c1cc(C)ccc1OC)S(C)(=O)=O. The molecular weight excluding hydrogens is 585 g/mol. The molecule has 1 unspecified atom stereocenters. The summed E-state index contributed by atoms with van der Waals surface area (Å²) < 4.78 is 32.5. The Kier molecular flexibility index (Phi) is 11.5. The average Bonchev–Trinajstić information content (AvgIpc) is 2.94. The Balaban J connectivity index is 2.10. The minimum Gasteiger partial charge on any atom is -0.495 e. The Morgan fingerprint density at radius 3 is 2.29 bits per heavy atom. The molecule has 0 radical (unpaired) electrons. The molecule has 0 spiro atoms. The van der Waals surface area contributed by atoms with E-state index < -0.39 is 28.5 Å². The van der Waals surface area contributed by atoms with E-state index in [0.717, 1.165) is 21.7 Å². The van der Waals surface area contributed by atoms with Gasteiger partial charge in [-0.05, 0) is 54.3 Å². The second kappa shape index (κ2) is 14.6. The van der Waals surface area contributed by atoms with Crippen LogP contribution in [0, 0.1) is 6.92 Å². The summed E-state index contributed by atoms with van der Waals surface area (Å²) in [4.78, 5) is 29.1. The van der Waals surface area contributed by atoms with Gasteiger partial charge in [0.1, 0.15) is 18.3 Å². The first-order valence-corrected chi connectivity index (χ1v) is 15.7. The van der Waals surface area contributed by atoms with Crippen LogP contribution < -0.4 is 14.4 Å². The minimum absolute atomic E-state index is 0.00464. The molecule has 41 heavy (non-hydrogen) atoms. The van der Waals surface area contributed by atoms with E-state index in [4.69, 9.17) is 27.9 Å². The lowest BCUT2D eigenvalue weighted by Crippen LogP contribution is -2.53. The van der Waals surface area contributed by atoms with Crippen LogP contribution in [0.5, 0.6) is 5.75 Å². The molecule has 3 rings (SSSR count). The zero-order valence-corrected chi connectivity index (χ0v) is 25.9. The van der Waals surface area contributed by atoms with E-state index in [0.29, 0.717) is 34.3 Å². The number of carbonyl (C=O) groups excluding carboxylic acids is 2. The maximum absolute atomic E-state index is 14.2. The normalized spacial score (nSPS) is 12.0. The number of hydrogen-bond donors (Lipinski definition) is 1. The zero-order valence-electron chi connectivity index (χ0n) is 23.6. The molecule has 0 aliphatic rings. The van der Waals surface area contributed by atoms with Gasteiger partial charge in [0.05, 0.1) is 29.1 Å². The van der Waals surface area contributed by atoms with E-state index in [1.807, 2.05) is 44.2 Å². The number of sulfonamides is 1. The number of amides is 2. The van der Waals surface area contributed by atoms with E-state index >= 15 is 0 Å². The van der Waals surface area contributed by atoms with Crippen molar-refractivity contribution < 1.29 is 22.7 Å². The summed E-state index contributed by atoms with van der Waals surface area (Å²) in [5, 5.41) is 3.55. The second-order valence-corrected chi connectivity index (χ2v) is 12.4. The van der Waals surface area contributed by atoms with Gasteiger partial charge >= 0.3 is 0 Å². The highest BCUT2D eigenvalue weighted by Gasteiger charge is 2.33. The molecule has 8 nitrogen and oxygen atoms in total. The number of hydrogen-bond acceptors (Lipinski definition) is 5. The van der Waals surface area contributed by atoms with Crippen LogP contribution >= 0.6 is 23.2 Å². The van der Waals surface area contributed by atoms with Crippen LogP contribution in [0.2, 0.25) is 10.0 Å². The van der Waals surface area contributed by atoms with Crippen molar-refractivity contribution in [1.82, 2.24) is 10.2 Å². The standard InChI is InChI=1S/C30H35Cl2N3O5S/c1-5-15-33-30(37)27(18-22-9-7-6-8-10-22)34(19-23-12-13-24(31)25(32)17-23)29(36)20-35(41(4,38)39)26-16-21(2)11-14-28(26)40-3/h6-14,16-17,27H,5,15,18-20H2,1-4H3,(H,33,37). The van der Waals surface area contributed by atoms with Gasteiger partial charge in [0, 0.05) is 19.5 Å². The number of ether oxygens (including phenoxy) is 1. The van der Waals surface area contributed by atoms with Gasteiger partial charge in [-0.1, -0.05) is 72.6 Å². The zero-order chi connectivity index (χ0) is 30.2. The topological polar surface area (TPSA) is 96.0 Å². The molecule has 0 saturated heterocycles. The molecule has 0 bridgehead atoms. The molecule has 11 heteroatoms. The lowest BCUT2D eigenvalue weighted by atomic mass is 10.0. The van der Waals surface area contributed by atoms with E-state index in [9.17, 15) is 18.0 Å². The van der Waals surface area contributed by atoms with Gasteiger partial charge in [-0.3, -0.25) is 13.9 Å². The number of halogens is 2. The van der Waals surface area contributed by atoms with Gasteiger partial charge in [0.2, 0.25) is 21.8 Å². The molecule has 3 aromatic carbocycles. The lowest BCUT2D eigenvalue weighted by Gasteiger charge is -2.34. The molecule has 220 valence electrons. The molecule has 1 atom stereocenters. The van der Waals surface area contributed by atoms with Gasteiger partial charge in [-0.15, -0.1) is 0 Å². The van der Waals surface area contributed by atoms with E-state index in [2.05, 4.69) is 5.32 Å². The van der Waals surface area contributed by atoms with Crippen molar-refractivity contribution in [1.29, 1.82) is 0 Å². The Hall–Kier alpha value is -3.27. The van der Waals surface area contributed by atoms with Crippen molar-refractivity contribution in [2.45, 2.75) is 39.3 Å². The summed E-state index contributed by atoms with van der Waals surface area (Å²) in [6.45, 7) is 3.62. The van der Waals surface area contributed by atoms with Gasteiger partial charge < -0.3 is 15.0 Å². The Bertz CT molecular complexity index is 1470. The number of rotatable bonds is 13. The van der Waals surface area contributed by atoms with Crippen LogP contribution in [-0.4, -0.2) is 57.6 Å². The summed E-state index contributed by atoms with van der Waals surface area (Å²) in [6, 6.07) is 18.4. The van der Waals surface area contributed by atoms with E-state index in [1.165, 1.54) is 12.0 Å². The number of anilines is 1. The van der Waals surface area contributed by atoms with Crippen molar-refractivity contribution in [3.8, 4) is 5.75 Å². The van der Waals surface area contributed by atoms with E-state index in [-0.39, 0.29) is 24.6 Å². The van der Waals surface area contributed by atoms with Gasteiger partial charge in [0.25, 0.3) is 0 Å². The molecule has 0 aromatic heterocycles. The minimum atomic E-state index is -3.93. The molecule has 1 N–H and O–H groups in total. The smallest absolute Gasteiger partial charge is 0.244 e. The number of methoxy groups -OCH3 is 1. The summed E-state index contributed by atoms with van der Waals surface area (Å²) in [6.07, 6.45) is 1.95. The molecule has 0 aliphatic carbocycles. The number of aryl methyl sites for hydroxylation is 1. The third kappa shape index (κ3) is 8.86. The van der Waals surface area contributed by atoms with Crippen LogP contribution in [0.25, 0.3) is 0 Å². The molecule has 0 fully saturated rings. The van der Waals surface area contributed by atoms with Crippen molar-refractivity contribution >= 4 is 50.7 Å². The van der Waals surface area contributed by atoms with Crippen molar-refractivity contribution in [3.63, 3.8) is 0 Å². The van der Waals surface area contributed by atoms with Crippen LogP contribution in [0.15, 0.2) is 66.7 Å². The van der Waals surface area contributed by atoms with Crippen molar-refractivity contribution in [2.24, 2.45) is 0 Å². The van der Waals surface area contributed by atoms with Crippen LogP contribution in [0.4, 0.5) is 5.69 Å². The number of carbonyl (C=O) groups is 2. The first-order valence-electron chi connectivity index (χ1n) is 13.1. The van der Waals surface area contributed by atoms with E-state index in [1.54, 1.807) is 36.4 Å². The predicted octanol–water partition coefficient (Wildman–Crippen LogP) is 5.24. The highest BCUT2D eigenvalue weighted by molar-refractivity contribution is 7.92. The summed E-state index contributed by atoms with van der Waals surface area (Å²) in [5.74, 6) is -0.618. The summed E-state index contributed by atoms with van der Waals surface area (Å²) >= 11 is 12.4. The number of nitrogens with zero attached hydrogens (tertiary/aromatic N) is 2. The first-order chi connectivity index (χ1) is 19.4. The second-order valence-electron chi connectivity index (χ2n) is 9.71. The van der Waals surface area contributed by atoms with Gasteiger partial charge in [-0.2, -0.15) is 0 Å². The third-order valence-electron chi connectivity index (χ3n) is 6.44. The Labute approximate surface area is 252 Å². The van der Waals surface area contributed by atoms with Gasteiger partial charge in [0.15, 0.2) is 0 Å². The maximum atomic E-state index is 14.2. The van der Waals surface area contributed by atoms with Gasteiger partial charge in [-0.25, -0.2) is 8.42 Å². The predicted molar refractivity (Wildman–Crippen MR) is 164 cm³/mol. The van der Waals surface area contributed by atoms with Crippen LogP contribution in [0.1, 0.15) is 30.0 Å². The lowest BCUT2D eigenvalue weighted by molar-refractivity contribution is -0.140. The number of nitrogens with one attached hydrogen (secondary N) is 1. The van der Waals surface area contributed by atoms with Crippen molar-refractivity contribution in [2.75, 3.05) is 30.8 Å². The fourth-order valence-corrected chi connectivity index (χ4v) is 5.51. The van der Waals surface area contributed by atoms with Crippen molar-refractivity contribution in [3.05, 3.63) is 93.5 Å². The third-order valence-corrected chi connectivity index (χ3v) is 8.30. The first kappa shape index (κ1) is 32.2. The Morgan fingerprint density at radius 2 is 1.68 bits per heavy atom. The molecule has 3 aromatic rings. The summed E-state index contributed by atoms with van der Waals surface area (Å²) in [7, 11) is -2.50. The van der Waals surface area contributed by atoms with Crippen LogP contribution in [0.3, 0.4) is 0 Å². The maximum Gasteiger partial charge on any atom is 0.244 e. The highest BCUT2D eigenvalue weighted by atomic mass is 35.5. The largest absolute Gasteiger partial charge is 0.495 e. The molecule has 2 amide bonds.